The lowest BCUT2D eigenvalue weighted by Crippen LogP contribution is -2.47. The number of rotatable bonds is 6. The number of pyridine rings is 1. The molecule has 2 N–H and O–H groups in total. The van der Waals surface area contributed by atoms with Crippen LogP contribution in [0, 0.1) is 0 Å². The van der Waals surface area contributed by atoms with E-state index in [2.05, 4.69) is 20.6 Å². The first-order valence-corrected chi connectivity index (χ1v) is 9.34. The van der Waals surface area contributed by atoms with Crippen molar-refractivity contribution in [2.75, 3.05) is 39.6 Å². The van der Waals surface area contributed by atoms with Gasteiger partial charge in [-0.3, -0.25) is 4.79 Å². The fraction of sp³-hybridized carbons (Fsp3) is 0.632. The number of aliphatic imine (C=N–C) groups is 1. The smallest absolute Gasteiger partial charge is 0.241 e. The number of amides is 1. The molecule has 0 bridgehead atoms. The van der Waals surface area contributed by atoms with E-state index in [-0.39, 0.29) is 12.5 Å². The summed E-state index contributed by atoms with van der Waals surface area (Å²) in [6.07, 6.45) is 6.09. The number of nitrogens with one attached hydrogen (secondary N) is 2. The fourth-order valence-corrected chi connectivity index (χ4v) is 2.87. The zero-order chi connectivity index (χ0) is 18.9. The van der Waals surface area contributed by atoms with Gasteiger partial charge in [0.05, 0.1) is 18.8 Å². The normalized spacial score (nSPS) is 15.5. The molecule has 0 radical (unpaired) electrons. The highest BCUT2D eigenvalue weighted by atomic mass is 16.2. The van der Waals surface area contributed by atoms with Crippen LogP contribution in [-0.2, 0) is 11.3 Å². The molecule has 0 unspecified atom stereocenters. The minimum Gasteiger partial charge on any atom is -0.363 e. The zero-order valence-corrected chi connectivity index (χ0v) is 16.5. The average Bonchev–Trinajstić information content (AvgIpc) is 2.64. The Hall–Kier alpha value is -2.31. The van der Waals surface area contributed by atoms with Crippen LogP contribution in [0.3, 0.4) is 0 Å². The van der Waals surface area contributed by atoms with Crippen LogP contribution in [0.5, 0.6) is 0 Å². The second-order valence-electron chi connectivity index (χ2n) is 7.17. The molecule has 1 aromatic rings. The van der Waals surface area contributed by atoms with Gasteiger partial charge < -0.3 is 20.4 Å². The topological polar surface area (TPSA) is 72.9 Å². The molecule has 1 fully saturated rings. The standard InChI is InChI=1S/C19H32N6O/c1-24(2)17-12-8-11-16(22-17)13-20-19(21-14-18(26)25(3)4)23-15-9-6-5-7-10-15/h8,11-12,15H,5-7,9-10,13-14H2,1-4H3,(H2,20,21,23). The molecule has 0 saturated heterocycles. The minimum absolute atomic E-state index is 0.0240. The van der Waals surface area contributed by atoms with Gasteiger partial charge in [-0.2, -0.15) is 0 Å². The summed E-state index contributed by atoms with van der Waals surface area (Å²) in [5.74, 6) is 1.62. The lowest BCUT2D eigenvalue weighted by atomic mass is 9.96. The van der Waals surface area contributed by atoms with E-state index in [9.17, 15) is 4.79 Å². The summed E-state index contributed by atoms with van der Waals surface area (Å²) in [5, 5.41) is 6.65. The Balaban J connectivity index is 2.03. The molecule has 0 atom stereocenters. The highest BCUT2D eigenvalue weighted by molar-refractivity contribution is 5.86. The average molecular weight is 361 g/mol. The Morgan fingerprint density at radius 2 is 1.92 bits per heavy atom. The molecule has 0 aliphatic heterocycles. The van der Waals surface area contributed by atoms with Gasteiger partial charge >= 0.3 is 0 Å². The van der Waals surface area contributed by atoms with Gasteiger partial charge in [-0.05, 0) is 25.0 Å². The maximum Gasteiger partial charge on any atom is 0.241 e. The van der Waals surface area contributed by atoms with E-state index in [1.54, 1.807) is 19.0 Å². The van der Waals surface area contributed by atoms with Crippen LogP contribution < -0.4 is 15.5 Å². The Kier molecular flexibility index (Phi) is 7.69. The quantitative estimate of drug-likeness (QED) is 0.596. The number of likely N-dealkylation sites (N-methyl/N-ethyl adjacent to an activating group) is 1. The maximum atomic E-state index is 11.9. The van der Waals surface area contributed by atoms with Crippen LogP contribution in [0.2, 0.25) is 0 Å². The van der Waals surface area contributed by atoms with Crippen LogP contribution in [0.4, 0.5) is 5.82 Å². The van der Waals surface area contributed by atoms with E-state index in [0.29, 0.717) is 18.5 Å². The summed E-state index contributed by atoms with van der Waals surface area (Å²) in [4.78, 5) is 24.7. The number of carbonyl (C=O) groups excluding carboxylic acids is 1. The fourth-order valence-electron chi connectivity index (χ4n) is 2.87. The molecule has 1 aromatic heterocycles. The summed E-state index contributed by atoms with van der Waals surface area (Å²) in [6.45, 7) is 0.705. The monoisotopic (exact) mass is 360 g/mol. The molecule has 0 spiro atoms. The number of nitrogens with zero attached hydrogens (tertiary/aromatic N) is 4. The highest BCUT2D eigenvalue weighted by Crippen LogP contribution is 2.17. The van der Waals surface area contributed by atoms with Crippen molar-refractivity contribution in [3.05, 3.63) is 23.9 Å². The van der Waals surface area contributed by atoms with Crippen LogP contribution in [0.25, 0.3) is 0 Å². The predicted octanol–water partition coefficient (Wildman–Crippen LogP) is 1.60. The lowest BCUT2D eigenvalue weighted by molar-refractivity contribution is -0.127. The molecule has 2 rings (SSSR count). The van der Waals surface area contributed by atoms with Crippen LogP contribution in [-0.4, -0.2) is 62.5 Å². The van der Waals surface area contributed by atoms with Crippen molar-refractivity contribution in [2.45, 2.75) is 44.7 Å². The molecule has 1 heterocycles. The first-order valence-electron chi connectivity index (χ1n) is 9.34. The van der Waals surface area contributed by atoms with Gasteiger partial charge in [0.2, 0.25) is 5.91 Å². The Labute approximate surface area is 156 Å². The zero-order valence-electron chi connectivity index (χ0n) is 16.5. The SMILES string of the molecule is CN(C)C(=O)CNC(=NCc1cccc(N(C)C)n1)NC1CCCCC1. The highest BCUT2D eigenvalue weighted by Gasteiger charge is 2.15. The second kappa shape index (κ2) is 9.99. The van der Waals surface area contributed by atoms with E-state index >= 15 is 0 Å². The maximum absolute atomic E-state index is 11.9. The van der Waals surface area contributed by atoms with E-state index in [1.807, 2.05) is 37.2 Å². The summed E-state index contributed by atoms with van der Waals surface area (Å²) in [5.41, 5.74) is 0.903. The second-order valence-corrected chi connectivity index (χ2v) is 7.17. The van der Waals surface area contributed by atoms with Crippen molar-refractivity contribution >= 4 is 17.7 Å². The number of hydrogen-bond donors (Lipinski definition) is 2. The van der Waals surface area contributed by atoms with Gasteiger partial charge in [0.1, 0.15) is 5.82 Å². The summed E-state index contributed by atoms with van der Waals surface area (Å²) in [7, 11) is 7.46. The predicted molar refractivity (Wildman–Crippen MR) is 106 cm³/mol. The van der Waals surface area contributed by atoms with E-state index in [4.69, 9.17) is 0 Å². The summed E-state index contributed by atoms with van der Waals surface area (Å²) < 4.78 is 0. The number of carbonyl (C=O) groups is 1. The van der Waals surface area contributed by atoms with Gasteiger partial charge in [0.15, 0.2) is 5.96 Å². The Morgan fingerprint density at radius 3 is 2.58 bits per heavy atom. The minimum atomic E-state index is 0.0240. The van der Waals surface area contributed by atoms with E-state index in [1.165, 1.54) is 19.3 Å². The van der Waals surface area contributed by atoms with Crippen LogP contribution in [0.1, 0.15) is 37.8 Å². The first-order chi connectivity index (χ1) is 12.5. The van der Waals surface area contributed by atoms with Gasteiger partial charge in [0, 0.05) is 34.2 Å². The van der Waals surface area contributed by atoms with E-state index < -0.39 is 0 Å². The third-order valence-electron chi connectivity index (χ3n) is 4.50. The molecule has 26 heavy (non-hydrogen) atoms. The molecule has 1 saturated carbocycles. The molecule has 144 valence electrons. The van der Waals surface area contributed by atoms with Crippen molar-refractivity contribution in [3.8, 4) is 0 Å². The van der Waals surface area contributed by atoms with Crippen molar-refractivity contribution in [2.24, 2.45) is 4.99 Å². The van der Waals surface area contributed by atoms with Crippen LogP contribution in [0.15, 0.2) is 23.2 Å². The molecule has 1 amide bonds. The Morgan fingerprint density at radius 1 is 1.19 bits per heavy atom. The molecule has 7 heteroatoms. The first kappa shape index (κ1) is 20.0. The Bertz CT molecular complexity index is 608. The van der Waals surface area contributed by atoms with Crippen molar-refractivity contribution in [3.63, 3.8) is 0 Å². The van der Waals surface area contributed by atoms with Crippen molar-refractivity contribution in [1.29, 1.82) is 0 Å². The largest absolute Gasteiger partial charge is 0.363 e. The van der Waals surface area contributed by atoms with Gasteiger partial charge in [-0.15, -0.1) is 0 Å². The number of guanidine groups is 1. The summed E-state index contributed by atoms with van der Waals surface area (Å²) in [6, 6.07) is 6.36. The van der Waals surface area contributed by atoms with E-state index in [0.717, 1.165) is 24.4 Å². The van der Waals surface area contributed by atoms with Crippen molar-refractivity contribution in [1.82, 2.24) is 20.5 Å². The molecular weight excluding hydrogens is 328 g/mol. The van der Waals surface area contributed by atoms with Gasteiger partial charge in [-0.1, -0.05) is 25.3 Å². The third-order valence-corrected chi connectivity index (χ3v) is 4.50. The summed E-state index contributed by atoms with van der Waals surface area (Å²) >= 11 is 0. The van der Waals surface area contributed by atoms with Crippen molar-refractivity contribution < 1.29 is 4.79 Å². The van der Waals surface area contributed by atoms with Crippen LogP contribution >= 0.6 is 0 Å². The molecule has 0 aromatic carbocycles. The van der Waals surface area contributed by atoms with Gasteiger partial charge in [0.25, 0.3) is 0 Å². The molecule has 7 nitrogen and oxygen atoms in total. The number of hydrogen-bond acceptors (Lipinski definition) is 4. The number of aromatic nitrogens is 1. The van der Waals surface area contributed by atoms with Gasteiger partial charge in [-0.25, -0.2) is 9.98 Å². The molecular formula is C19H32N6O. The third kappa shape index (κ3) is 6.54. The molecule has 1 aliphatic rings. The molecule has 1 aliphatic carbocycles. The number of anilines is 1. The lowest BCUT2D eigenvalue weighted by Gasteiger charge is -2.25.